The number of nitrogens with two attached hydrogens (primary N) is 1. The van der Waals surface area contributed by atoms with Crippen molar-refractivity contribution in [2.24, 2.45) is 11.7 Å². The fourth-order valence-corrected chi connectivity index (χ4v) is 4.68. The number of hydrogen-bond acceptors (Lipinski definition) is 3. The quantitative estimate of drug-likeness (QED) is 0.320. The van der Waals surface area contributed by atoms with E-state index >= 15 is 0 Å². The van der Waals surface area contributed by atoms with Crippen LogP contribution in [0.1, 0.15) is 59.2 Å². The summed E-state index contributed by atoms with van der Waals surface area (Å²) in [5, 5.41) is 0. The van der Waals surface area contributed by atoms with Gasteiger partial charge in [0, 0.05) is 24.2 Å². The fraction of sp³-hybridized carbons (Fsp3) is 0.290. The highest BCUT2D eigenvalue weighted by atomic mass is 16.2. The van der Waals surface area contributed by atoms with Gasteiger partial charge in [-0.05, 0) is 61.7 Å². The second-order valence-corrected chi connectivity index (χ2v) is 9.59. The molecule has 1 amide bonds. The molecule has 0 fully saturated rings. The molecular weight excluding hydrogens is 444 g/mol. The Morgan fingerprint density at radius 1 is 1.08 bits per heavy atom. The number of benzene rings is 3. The van der Waals surface area contributed by atoms with Crippen LogP contribution in [0, 0.1) is 25.2 Å². The molecule has 3 aromatic carbocycles. The zero-order chi connectivity index (χ0) is 25.7. The molecule has 1 aromatic heterocycles. The monoisotopic (exact) mass is 478 g/mol. The number of nitrogens with zero attached hydrogens (tertiary/aromatic N) is 3. The van der Waals surface area contributed by atoms with E-state index in [0.29, 0.717) is 31.6 Å². The van der Waals surface area contributed by atoms with Crippen molar-refractivity contribution in [3.8, 4) is 12.3 Å². The van der Waals surface area contributed by atoms with Gasteiger partial charge in [0.1, 0.15) is 5.82 Å². The summed E-state index contributed by atoms with van der Waals surface area (Å²) in [6.45, 7) is 8.01. The minimum atomic E-state index is -0.240. The van der Waals surface area contributed by atoms with E-state index in [1.807, 2.05) is 72.5 Å². The highest BCUT2D eigenvalue weighted by molar-refractivity contribution is 5.94. The molecule has 1 atom stereocenters. The number of hydrogen-bond donors (Lipinski definition) is 1. The van der Waals surface area contributed by atoms with Gasteiger partial charge >= 0.3 is 0 Å². The van der Waals surface area contributed by atoms with Crippen LogP contribution in [0.15, 0.2) is 72.8 Å². The van der Waals surface area contributed by atoms with Gasteiger partial charge in [0.15, 0.2) is 0 Å². The third-order valence-electron chi connectivity index (χ3n) is 6.52. The van der Waals surface area contributed by atoms with Crippen molar-refractivity contribution in [1.82, 2.24) is 14.5 Å². The number of aryl methyl sites for hydroxylation is 1. The van der Waals surface area contributed by atoms with Crippen LogP contribution >= 0.6 is 0 Å². The molecule has 5 nitrogen and oxygen atoms in total. The van der Waals surface area contributed by atoms with Crippen LogP contribution in [0.2, 0.25) is 0 Å². The second kappa shape index (κ2) is 11.2. The predicted octanol–water partition coefficient (Wildman–Crippen LogP) is 5.56. The summed E-state index contributed by atoms with van der Waals surface area (Å²) in [6.07, 6.45) is 6.40. The summed E-state index contributed by atoms with van der Waals surface area (Å²) in [5.41, 5.74) is 11.5. The van der Waals surface area contributed by atoms with Crippen LogP contribution in [-0.4, -0.2) is 33.4 Å². The molecule has 0 aliphatic rings. The first kappa shape index (κ1) is 25.2. The van der Waals surface area contributed by atoms with E-state index < -0.39 is 0 Å². The summed E-state index contributed by atoms with van der Waals surface area (Å²) >= 11 is 0. The van der Waals surface area contributed by atoms with Crippen LogP contribution in [0.3, 0.4) is 0 Å². The molecule has 2 N–H and O–H groups in total. The van der Waals surface area contributed by atoms with Gasteiger partial charge in [0.2, 0.25) is 0 Å². The molecule has 36 heavy (non-hydrogen) atoms. The number of fused-ring (bicyclic) bond motifs is 1. The molecule has 0 saturated heterocycles. The number of amides is 1. The van der Waals surface area contributed by atoms with Crippen LogP contribution in [0.25, 0.3) is 11.0 Å². The van der Waals surface area contributed by atoms with E-state index in [0.717, 1.165) is 28.0 Å². The Morgan fingerprint density at radius 3 is 2.44 bits per heavy atom. The van der Waals surface area contributed by atoms with Crippen molar-refractivity contribution in [3.05, 3.63) is 101 Å². The summed E-state index contributed by atoms with van der Waals surface area (Å²) in [5.74, 6) is 3.69. The summed E-state index contributed by atoms with van der Waals surface area (Å²) < 4.78 is 2.23. The Kier molecular flexibility index (Phi) is 7.87. The number of imidazole rings is 1. The molecule has 1 unspecified atom stereocenters. The average Bonchev–Trinajstić information content (AvgIpc) is 3.23. The molecule has 0 radical (unpaired) electrons. The first-order chi connectivity index (χ1) is 17.4. The average molecular weight is 479 g/mol. The minimum absolute atomic E-state index is 0.00946. The van der Waals surface area contributed by atoms with E-state index in [1.54, 1.807) is 0 Å². The predicted molar refractivity (Wildman–Crippen MR) is 147 cm³/mol. The van der Waals surface area contributed by atoms with Crippen molar-refractivity contribution in [3.63, 3.8) is 0 Å². The zero-order valence-electron chi connectivity index (χ0n) is 21.3. The SMILES string of the molecule is C#Cc1ccc2c(c1)nc(C(C(C)C)N(CCCN)C(=O)c1ccc(C)cc1)n2Cc1ccccc1. The van der Waals surface area contributed by atoms with E-state index in [2.05, 4.69) is 36.5 Å². The first-order valence-electron chi connectivity index (χ1n) is 12.5. The maximum atomic E-state index is 13.9. The molecule has 4 rings (SSSR count). The molecule has 184 valence electrons. The number of aromatic nitrogens is 2. The van der Waals surface area contributed by atoms with Gasteiger partial charge in [-0.15, -0.1) is 6.42 Å². The van der Waals surface area contributed by atoms with E-state index in [4.69, 9.17) is 17.1 Å². The summed E-state index contributed by atoms with van der Waals surface area (Å²) in [4.78, 5) is 20.9. The van der Waals surface area contributed by atoms with E-state index in [1.165, 1.54) is 5.56 Å². The van der Waals surface area contributed by atoms with Gasteiger partial charge in [-0.2, -0.15) is 0 Å². The fourth-order valence-electron chi connectivity index (χ4n) is 4.68. The van der Waals surface area contributed by atoms with Crippen LogP contribution < -0.4 is 5.73 Å². The Morgan fingerprint density at radius 2 is 1.81 bits per heavy atom. The van der Waals surface area contributed by atoms with Gasteiger partial charge in [-0.3, -0.25) is 4.79 Å². The van der Waals surface area contributed by atoms with Crippen molar-refractivity contribution >= 4 is 16.9 Å². The number of carbonyl (C=O) groups is 1. The van der Waals surface area contributed by atoms with Crippen LogP contribution in [-0.2, 0) is 6.54 Å². The largest absolute Gasteiger partial charge is 0.330 e. The van der Waals surface area contributed by atoms with Gasteiger partial charge in [0.05, 0.1) is 17.1 Å². The van der Waals surface area contributed by atoms with Crippen molar-refractivity contribution < 1.29 is 4.79 Å². The first-order valence-corrected chi connectivity index (χ1v) is 12.5. The molecular formula is C31H34N4O. The lowest BCUT2D eigenvalue weighted by Crippen LogP contribution is -2.40. The number of terminal acetylenes is 1. The topological polar surface area (TPSA) is 64.2 Å². The summed E-state index contributed by atoms with van der Waals surface area (Å²) in [7, 11) is 0. The third-order valence-corrected chi connectivity index (χ3v) is 6.52. The molecule has 1 heterocycles. The van der Waals surface area contributed by atoms with E-state index in [-0.39, 0.29) is 17.9 Å². The standard InChI is InChI=1S/C31H34N4O/c1-5-24-14-17-28-27(20-24)33-30(35(28)21-25-10-7-6-8-11-25)29(22(2)3)34(19-9-18-32)31(36)26-15-12-23(4)13-16-26/h1,6-8,10-17,20,22,29H,9,18-19,21,32H2,2-4H3. The molecule has 0 spiro atoms. The highest BCUT2D eigenvalue weighted by Gasteiger charge is 2.32. The van der Waals surface area contributed by atoms with Crippen molar-refractivity contribution in [2.45, 2.75) is 39.8 Å². The summed E-state index contributed by atoms with van der Waals surface area (Å²) in [6, 6.07) is 23.8. The normalized spacial score (nSPS) is 12.0. The van der Waals surface area contributed by atoms with Gasteiger partial charge in [0.25, 0.3) is 5.91 Å². The Bertz CT molecular complexity index is 1360. The van der Waals surface area contributed by atoms with Gasteiger partial charge < -0.3 is 15.2 Å². The maximum absolute atomic E-state index is 13.9. The van der Waals surface area contributed by atoms with Crippen LogP contribution in [0.5, 0.6) is 0 Å². The Labute approximate surface area is 214 Å². The Balaban J connectivity index is 1.87. The van der Waals surface area contributed by atoms with Gasteiger partial charge in [-0.25, -0.2) is 4.98 Å². The lowest BCUT2D eigenvalue weighted by molar-refractivity contribution is 0.0605. The molecule has 0 aliphatic carbocycles. The minimum Gasteiger partial charge on any atom is -0.330 e. The molecule has 5 heteroatoms. The number of carbonyl (C=O) groups excluding carboxylic acids is 1. The lowest BCUT2D eigenvalue weighted by Gasteiger charge is -2.34. The second-order valence-electron chi connectivity index (χ2n) is 9.59. The lowest BCUT2D eigenvalue weighted by atomic mass is 9.99. The van der Waals surface area contributed by atoms with Crippen molar-refractivity contribution in [1.29, 1.82) is 0 Å². The maximum Gasteiger partial charge on any atom is 0.254 e. The third kappa shape index (κ3) is 5.35. The van der Waals surface area contributed by atoms with Gasteiger partial charge in [-0.1, -0.05) is 67.8 Å². The number of rotatable bonds is 9. The smallest absolute Gasteiger partial charge is 0.254 e. The molecule has 0 aliphatic heterocycles. The molecule has 4 aromatic rings. The van der Waals surface area contributed by atoms with Crippen molar-refractivity contribution in [2.75, 3.05) is 13.1 Å². The Hall–Kier alpha value is -3.88. The molecule has 0 bridgehead atoms. The highest BCUT2D eigenvalue weighted by Crippen LogP contribution is 2.33. The van der Waals surface area contributed by atoms with E-state index in [9.17, 15) is 4.79 Å². The zero-order valence-corrected chi connectivity index (χ0v) is 21.3. The van der Waals surface area contributed by atoms with Crippen LogP contribution in [0.4, 0.5) is 0 Å². The molecule has 0 saturated carbocycles.